The molecule has 24 heavy (non-hydrogen) atoms. The molecule has 1 aliphatic heterocycles. The van der Waals surface area contributed by atoms with Gasteiger partial charge >= 0.3 is 0 Å². The highest BCUT2D eigenvalue weighted by Gasteiger charge is 2.23. The Morgan fingerprint density at radius 3 is 2.75 bits per heavy atom. The molecule has 130 valence electrons. The van der Waals surface area contributed by atoms with E-state index in [1.807, 2.05) is 0 Å². The molecule has 3 rings (SSSR count). The average molecular weight is 348 g/mol. The van der Waals surface area contributed by atoms with Gasteiger partial charge in [0.25, 0.3) is 0 Å². The summed E-state index contributed by atoms with van der Waals surface area (Å²) in [6.07, 6.45) is 4.57. The van der Waals surface area contributed by atoms with Crippen LogP contribution in [-0.4, -0.2) is 43.3 Å². The molecular formula is C17H24N4O2S. The van der Waals surface area contributed by atoms with Crippen molar-refractivity contribution in [3.05, 3.63) is 24.3 Å². The fraction of sp³-hybridized carbons (Fsp3) is 0.529. The van der Waals surface area contributed by atoms with Gasteiger partial charge in [0.1, 0.15) is 11.2 Å². The fourth-order valence-corrected chi connectivity index (χ4v) is 3.55. The Morgan fingerprint density at radius 2 is 2.04 bits per heavy atom. The van der Waals surface area contributed by atoms with Crippen molar-refractivity contribution in [3.8, 4) is 10.6 Å². The second-order valence-electron chi connectivity index (χ2n) is 5.85. The van der Waals surface area contributed by atoms with Gasteiger partial charge in [-0.2, -0.15) is 0 Å². The zero-order valence-electron chi connectivity index (χ0n) is 14.0. The minimum atomic E-state index is 0.152. The quantitative estimate of drug-likeness (QED) is 0.775. The number of piperidine rings is 1. The molecule has 2 aromatic rings. The van der Waals surface area contributed by atoms with Gasteiger partial charge in [-0.1, -0.05) is 11.3 Å². The van der Waals surface area contributed by atoms with Crippen molar-refractivity contribution in [1.29, 1.82) is 0 Å². The molecule has 7 heteroatoms. The summed E-state index contributed by atoms with van der Waals surface area (Å²) in [4.78, 5) is 2.36. The van der Waals surface area contributed by atoms with Crippen LogP contribution in [0.5, 0.6) is 0 Å². The molecule has 1 aromatic heterocycles. The van der Waals surface area contributed by atoms with Gasteiger partial charge in [0.15, 0.2) is 0 Å². The monoisotopic (exact) mass is 348 g/mol. The van der Waals surface area contributed by atoms with E-state index < -0.39 is 0 Å². The number of hydrogen-bond acceptors (Lipinski definition) is 7. The second-order valence-corrected chi connectivity index (χ2v) is 6.86. The van der Waals surface area contributed by atoms with E-state index in [4.69, 9.17) is 15.2 Å². The standard InChI is InChI=1S/C17H24N4O2S/c1-22-11-4-12-23-15-5-2-3-10-21(15)14-8-6-13(7-9-14)16-19-20-17(18)24-16/h6-9,15H,2-5,10-12H2,1H3,(H2,18,20). The Morgan fingerprint density at radius 1 is 1.21 bits per heavy atom. The molecule has 1 fully saturated rings. The predicted molar refractivity (Wildman–Crippen MR) is 97.2 cm³/mol. The van der Waals surface area contributed by atoms with Crippen LogP contribution in [0.1, 0.15) is 25.7 Å². The highest BCUT2D eigenvalue weighted by atomic mass is 32.1. The predicted octanol–water partition coefficient (Wildman–Crippen LogP) is 3.16. The van der Waals surface area contributed by atoms with Crippen LogP contribution in [-0.2, 0) is 9.47 Å². The van der Waals surface area contributed by atoms with Crippen LogP contribution >= 0.6 is 11.3 Å². The third kappa shape index (κ3) is 4.23. The molecule has 0 saturated carbocycles. The van der Waals surface area contributed by atoms with E-state index in [2.05, 4.69) is 39.4 Å². The molecule has 0 bridgehead atoms. The van der Waals surface area contributed by atoms with Gasteiger partial charge in [0.05, 0.1) is 6.61 Å². The van der Waals surface area contributed by atoms with E-state index in [1.54, 1.807) is 7.11 Å². The molecule has 1 saturated heterocycles. The van der Waals surface area contributed by atoms with Crippen molar-refractivity contribution in [2.24, 2.45) is 0 Å². The SMILES string of the molecule is COCCCOC1CCCCN1c1ccc(-c2nnc(N)s2)cc1. The maximum absolute atomic E-state index is 6.08. The van der Waals surface area contributed by atoms with Crippen LogP contribution in [0.4, 0.5) is 10.8 Å². The smallest absolute Gasteiger partial charge is 0.203 e. The van der Waals surface area contributed by atoms with Crippen LogP contribution < -0.4 is 10.6 Å². The molecular weight excluding hydrogens is 324 g/mol. The van der Waals surface area contributed by atoms with Crippen molar-refractivity contribution in [2.75, 3.05) is 37.5 Å². The third-order valence-corrected chi connectivity index (χ3v) is 4.94. The number of methoxy groups -OCH3 is 1. The minimum Gasteiger partial charge on any atom is -0.385 e. The van der Waals surface area contributed by atoms with Crippen LogP contribution in [0.2, 0.25) is 0 Å². The van der Waals surface area contributed by atoms with E-state index in [0.29, 0.717) is 5.13 Å². The van der Waals surface area contributed by atoms with E-state index in [-0.39, 0.29) is 6.23 Å². The maximum Gasteiger partial charge on any atom is 0.203 e. The van der Waals surface area contributed by atoms with E-state index in [9.17, 15) is 0 Å². The lowest BCUT2D eigenvalue weighted by Crippen LogP contribution is -2.41. The number of nitrogen functional groups attached to an aromatic ring is 1. The molecule has 0 amide bonds. The Hall–Kier alpha value is -1.70. The number of rotatable bonds is 7. The van der Waals surface area contributed by atoms with Gasteiger partial charge < -0.3 is 20.1 Å². The second kappa shape index (κ2) is 8.41. The minimum absolute atomic E-state index is 0.152. The van der Waals surface area contributed by atoms with Crippen LogP contribution in [0.3, 0.4) is 0 Å². The number of nitrogens with zero attached hydrogens (tertiary/aromatic N) is 3. The largest absolute Gasteiger partial charge is 0.385 e. The number of anilines is 2. The summed E-state index contributed by atoms with van der Waals surface area (Å²) >= 11 is 1.40. The van der Waals surface area contributed by atoms with Crippen LogP contribution in [0.25, 0.3) is 10.6 Å². The summed E-state index contributed by atoms with van der Waals surface area (Å²) in [6.45, 7) is 2.50. The average Bonchev–Trinajstić information content (AvgIpc) is 3.06. The van der Waals surface area contributed by atoms with Crippen molar-refractivity contribution in [1.82, 2.24) is 10.2 Å². The molecule has 1 aliphatic rings. The highest BCUT2D eigenvalue weighted by molar-refractivity contribution is 7.18. The third-order valence-electron chi connectivity index (χ3n) is 4.14. The zero-order chi connectivity index (χ0) is 16.8. The topological polar surface area (TPSA) is 73.5 Å². The van der Waals surface area contributed by atoms with E-state index in [1.165, 1.54) is 29.9 Å². The van der Waals surface area contributed by atoms with E-state index in [0.717, 1.165) is 43.2 Å². The Labute approximate surface area is 146 Å². The molecule has 0 aliphatic carbocycles. The molecule has 2 heterocycles. The van der Waals surface area contributed by atoms with Gasteiger partial charge in [-0.3, -0.25) is 0 Å². The van der Waals surface area contributed by atoms with Crippen molar-refractivity contribution >= 4 is 22.2 Å². The van der Waals surface area contributed by atoms with Crippen LogP contribution in [0.15, 0.2) is 24.3 Å². The van der Waals surface area contributed by atoms with Gasteiger partial charge in [-0.25, -0.2) is 0 Å². The zero-order valence-corrected chi connectivity index (χ0v) is 14.8. The first-order valence-corrected chi connectivity index (χ1v) is 9.16. The normalized spacial score (nSPS) is 18.0. The van der Waals surface area contributed by atoms with Gasteiger partial charge in [-0.15, -0.1) is 10.2 Å². The molecule has 1 unspecified atom stereocenters. The van der Waals surface area contributed by atoms with Gasteiger partial charge in [0.2, 0.25) is 5.13 Å². The lowest BCUT2D eigenvalue weighted by atomic mass is 10.1. The highest BCUT2D eigenvalue weighted by Crippen LogP contribution is 2.30. The molecule has 6 nitrogen and oxygen atoms in total. The number of benzene rings is 1. The molecule has 1 atom stereocenters. The number of aromatic nitrogens is 2. The number of ether oxygens (including phenoxy) is 2. The molecule has 0 radical (unpaired) electrons. The van der Waals surface area contributed by atoms with Gasteiger partial charge in [-0.05, 0) is 49.9 Å². The van der Waals surface area contributed by atoms with Crippen LogP contribution in [0, 0.1) is 0 Å². The number of hydrogen-bond donors (Lipinski definition) is 1. The van der Waals surface area contributed by atoms with E-state index >= 15 is 0 Å². The summed E-state index contributed by atoms with van der Waals surface area (Å²) in [5.74, 6) is 0. The van der Waals surface area contributed by atoms with Gasteiger partial charge in [0, 0.05) is 31.5 Å². The maximum atomic E-state index is 6.08. The number of nitrogens with two attached hydrogens (primary N) is 1. The van der Waals surface area contributed by atoms with Crippen molar-refractivity contribution in [2.45, 2.75) is 31.9 Å². The Balaban J connectivity index is 1.66. The summed E-state index contributed by atoms with van der Waals surface area (Å²) < 4.78 is 11.2. The first kappa shape index (κ1) is 17.1. The Kier molecular flexibility index (Phi) is 6.01. The molecule has 1 aromatic carbocycles. The molecule has 2 N–H and O–H groups in total. The summed E-state index contributed by atoms with van der Waals surface area (Å²) in [7, 11) is 1.72. The van der Waals surface area contributed by atoms with Crippen molar-refractivity contribution < 1.29 is 9.47 Å². The fourth-order valence-electron chi connectivity index (χ4n) is 2.94. The first-order chi connectivity index (χ1) is 11.8. The first-order valence-electron chi connectivity index (χ1n) is 8.34. The Bertz CT molecular complexity index is 632. The van der Waals surface area contributed by atoms with Crippen molar-refractivity contribution in [3.63, 3.8) is 0 Å². The summed E-state index contributed by atoms with van der Waals surface area (Å²) in [5.41, 5.74) is 7.89. The summed E-state index contributed by atoms with van der Waals surface area (Å²) in [6, 6.07) is 8.41. The lowest BCUT2D eigenvalue weighted by molar-refractivity contribution is 0.0237. The molecule has 0 spiro atoms. The lowest BCUT2D eigenvalue weighted by Gasteiger charge is -2.37. The summed E-state index contributed by atoms with van der Waals surface area (Å²) in [5, 5.41) is 9.31.